The highest BCUT2D eigenvalue weighted by Gasteiger charge is 2.62. The molecule has 0 radical (unpaired) electrons. The van der Waals surface area contributed by atoms with Crippen molar-refractivity contribution in [1.29, 1.82) is 0 Å². The van der Waals surface area contributed by atoms with E-state index in [2.05, 4.69) is 0 Å². The number of ether oxygens (including phenoxy) is 5. The van der Waals surface area contributed by atoms with Gasteiger partial charge in [-0.2, -0.15) is 0 Å². The molecule has 3 heterocycles. The van der Waals surface area contributed by atoms with Crippen LogP contribution in [-0.4, -0.2) is 53.7 Å². The van der Waals surface area contributed by atoms with Crippen molar-refractivity contribution in [2.45, 2.75) is 68.6 Å². The van der Waals surface area contributed by atoms with Crippen molar-refractivity contribution in [2.24, 2.45) is 0 Å². The van der Waals surface area contributed by atoms with Gasteiger partial charge in [0, 0.05) is 12.8 Å². The molecule has 0 aromatic heterocycles. The molecule has 0 amide bonds. The molecule has 0 aromatic carbocycles. The van der Waals surface area contributed by atoms with Crippen molar-refractivity contribution in [3.05, 3.63) is 0 Å². The van der Waals surface area contributed by atoms with Gasteiger partial charge in [0.1, 0.15) is 18.3 Å². The molecule has 4 fully saturated rings. The Morgan fingerprint density at radius 3 is 2.71 bits per heavy atom. The van der Waals surface area contributed by atoms with Crippen LogP contribution in [0.15, 0.2) is 0 Å². The van der Waals surface area contributed by atoms with Crippen LogP contribution in [0.25, 0.3) is 0 Å². The first kappa shape index (κ1) is 14.7. The Morgan fingerprint density at radius 1 is 1.14 bits per heavy atom. The molecule has 3 saturated heterocycles. The second kappa shape index (κ2) is 5.62. The molecule has 0 N–H and O–H groups in total. The smallest absolute Gasteiger partial charge is 0.220 e. The quantitative estimate of drug-likeness (QED) is 0.682. The van der Waals surface area contributed by atoms with Crippen molar-refractivity contribution in [2.75, 3.05) is 12.9 Å². The van der Waals surface area contributed by atoms with E-state index in [0.717, 1.165) is 25.7 Å². The lowest BCUT2D eigenvalue weighted by molar-refractivity contribution is -0.244. The van der Waals surface area contributed by atoms with Crippen LogP contribution in [0.3, 0.4) is 0 Å². The number of hydrogen-bond acceptors (Lipinski definition) is 7. The molecule has 0 aromatic rings. The zero-order valence-electron chi connectivity index (χ0n) is 12.0. The minimum Gasteiger partial charge on any atom is -0.470 e. The molecular weight excluding hydrogens is 312 g/mol. The first-order valence-corrected chi connectivity index (χ1v) is 9.21. The Morgan fingerprint density at radius 2 is 1.95 bits per heavy atom. The van der Waals surface area contributed by atoms with E-state index in [1.165, 1.54) is 18.2 Å². The van der Waals surface area contributed by atoms with Crippen molar-refractivity contribution < 1.29 is 23.7 Å². The van der Waals surface area contributed by atoms with E-state index in [4.69, 9.17) is 35.9 Å². The zero-order chi connectivity index (χ0) is 14.4. The van der Waals surface area contributed by atoms with Crippen molar-refractivity contribution in [3.63, 3.8) is 0 Å². The lowest BCUT2D eigenvalue weighted by Gasteiger charge is -2.33. The van der Waals surface area contributed by atoms with Gasteiger partial charge in [0.05, 0.1) is 6.61 Å². The van der Waals surface area contributed by atoms with Crippen LogP contribution < -0.4 is 0 Å². The molecule has 7 heteroatoms. The predicted molar refractivity (Wildman–Crippen MR) is 81.2 cm³/mol. The maximum absolute atomic E-state index is 6.24. The maximum Gasteiger partial charge on any atom is 0.220 e. The van der Waals surface area contributed by atoms with Gasteiger partial charge in [-0.15, -0.1) is 0 Å². The standard InChI is InChI=1S/C14H20O5S2/c1-21-13(20)16-8-7-15-10-9(8)17-12-11(10)18-14(19-12)5-3-2-4-6-14/h8-12H,2-7H2,1H3/t8-,9-,10+,11-,12-/m1/s1. The van der Waals surface area contributed by atoms with E-state index in [-0.39, 0.29) is 30.7 Å². The number of fused-ring (bicyclic) bond motifs is 3. The first-order valence-electron chi connectivity index (χ1n) is 7.58. The fourth-order valence-corrected chi connectivity index (χ4v) is 4.09. The third-order valence-corrected chi connectivity index (χ3v) is 5.76. The third kappa shape index (κ3) is 2.52. The Balaban J connectivity index is 1.43. The van der Waals surface area contributed by atoms with Gasteiger partial charge in [-0.05, 0) is 31.3 Å². The summed E-state index contributed by atoms with van der Waals surface area (Å²) in [6.07, 6.45) is 6.51. The van der Waals surface area contributed by atoms with Crippen molar-refractivity contribution in [1.82, 2.24) is 0 Å². The van der Waals surface area contributed by atoms with Gasteiger partial charge < -0.3 is 23.7 Å². The van der Waals surface area contributed by atoms with Gasteiger partial charge in [-0.25, -0.2) is 0 Å². The van der Waals surface area contributed by atoms with Gasteiger partial charge in [0.25, 0.3) is 0 Å². The highest BCUT2D eigenvalue weighted by molar-refractivity contribution is 8.22. The van der Waals surface area contributed by atoms with Crippen molar-refractivity contribution in [3.8, 4) is 0 Å². The van der Waals surface area contributed by atoms with Gasteiger partial charge >= 0.3 is 0 Å². The van der Waals surface area contributed by atoms with Crippen LogP contribution in [0, 0.1) is 0 Å². The highest BCUT2D eigenvalue weighted by Crippen LogP contribution is 2.47. The second-order valence-electron chi connectivity index (χ2n) is 6.05. The Labute approximate surface area is 134 Å². The average Bonchev–Trinajstić information content (AvgIpc) is 3.11. The van der Waals surface area contributed by atoms with Crippen LogP contribution in [-0.2, 0) is 23.7 Å². The molecule has 0 bridgehead atoms. The van der Waals surface area contributed by atoms with E-state index in [9.17, 15) is 0 Å². The van der Waals surface area contributed by atoms with Gasteiger partial charge in [0.15, 0.2) is 18.2 Å². The van der Waals surface area contributed by atoms with E-state index in [0.29, 0.717) is 11.0 Å². The average molecular weight is 332 g/mol. The topological polar surface area (TPSA) is 46.2 Å². The summed E-state index contributed by atoms with van der Waals surface area (Å²) in [5.74, 6) is -0.435. The largest absolute Gasteiger partial charge is 0.470 e. The minimum atomic E-state index is -0.435. The summed E-state index contributed by atoms with van der Waals surface area (Å²) in [6.45, 7) is 0.496. The van der Waals surface area contributed by atoms with E-state index < -0.39 is 5.79 Å². The highest BCUT2D eigenvalue weighted by atomic mass is 32.2. The summed E-state index contributed by atoms with van der Waals surface area (Å²) in [5.41, 5.74) is 0. The fourth-order valence-electron chi connectivity index (χ4n) is 3.75. The molecule has 1 aliphatic carbocycles. The maximum atomic E-state index is 6.24. The zero-order valence-corrected chi connectivity index (χ0v) is 13.6. The molecule has 5 atom stereocenters. The van der Waals surface area contributed by atoms with Crippen LogP contribution in [0.2, 0.25) is 0 Å². The van der Waals surface area contributed by atoms with Crippen LogP contribution in [0.5, 0.6) is 0 Å². The van der Waals surface area contributed by atoms with E-state index in [1.54, 1.807) is 0 Å². The summed E-state index contributed by atoms with van der Waals surface area (Å²) in [6, 6.07) is 0. The van der Waals surface area contributed by atoms with E-state index in [1.807, 2.05) is 6.26 Å². The predicted octanol–water partition coefficient (Wildman–Crippen LogP) is 2.22. The molecule has 4 rings (SSSR count). The lowest BCUT2D eigenvalue weighted by Crippen LogP contribution is -2.39. The summed E-state index contributed by atoms with van der Waals surface area (Å²) in [5, 5.41) is 0. The number of rotatable bonds is 1. The minimum absolute atomic E-state index is 0.106. The van der Waals surface area contributed by atoms with Crippen LogP contribution in [0.1, 0.15) is 32.1 Å². The molecule has 1 spiro atoms. The summed E-state index contributed by atoms with van der Waals surface area (Å²) >= 11 is 6.54. The SMILES string of the molecule is CSC(=S)O[C@@H]1CO[C@@H]2[C@H]3OC4(CCCCC4)O[C@H]3O[C@@H]21. The first-order chi connectivity index (χ1) is 10.2. The molecule has 5 nitrogen and oxygen atoms in total. The molecule has 4 aliphatic rings. The van der Waals surface area contributed by atoms with Crippen LogP contribution in [0.4, 0.5) is 0 Å². The van der Waals surface area contributed by atoms with Crippen LogP contribution >= 0.6 is 24.0 Å². The van der Waals surface area contributed by atoms with Gasteiger partial charge in [-0.1, -0.05) is 18.2 Å². The molecule has 3 aliphatic heterocycles. The van der Waals surface area contributed by atoms with Gasteiger partial charge in [-0.3, -0.25) is 0 Å². The molecule has 118 valence electrons. The normalized spacial score (nSPS) is 43.8. The third-order valence-electron chi connectivity index (χ3n) is 4.74. The number of hydrogen-bond donors (Lipinski definition) is 0. The second-order valence-corrected chi connectivity index (χ2v) is 7.46. The fraction of sp³-hybridized carbons (Fsp3) is 0.929. The molecular formula is C14H20O5S2. The monoisotopic (exact) mass is 332 g/mol. The number of thiocarbonyl (C=S) groups is 1. The summed E-state index contributed by atoms with van der Waals surface area (Å²) in [7, 11) is 0. The lowest BCUT2D eigenvalue weighted by atomic mass is 9.94. The molecule has 21 heavy (non-hydrogen) atoms. The molecule has 1 saturated carbocycles. The Kier molecular flexibility index (Phi) is 3.92. The summed E-state index contributed by atoms with van der Waals surface area (Å²) < 4.78 is 30.5. The Hall–Kier alpha value is 0.0800. The van der Waals surface area contributed by atoms with Gasteiger partial charge in [0.2, 0.25) is 4.38 Å². The Bertz CT molecular complexity index is 426. The van der Waals surface area contributed by atoms with Crippen molar-refractivity contribution >= 4 is 28.4 Å². The molecule has 0 unspecified atom stereocenters. The summed E-state index contributed by atoms with van der Waals surface area (Å²) in [4.78, 5) is 0. The number of thioether (sulfide) groups is 1. The van der Waals surface area contributed by atoms with E-state index >= 15 is 0 Å².